The summed E-state index contributed by atoms with van der Waals surface area (Å²) in [6.45, 7) is 0. The van der Waals surface area contributed by atoms with E-state index in [1.807, 2.05) is 18.2 Å². The topological polar surface area (TPSA) is 66.8 Å². The molecule has 0 heterocycles. The molecule has 1 fully saturated rings. The fraction of sp³-hybridized carbons (Fsp3) is 0.417. The third kappa shape index (κ3) is 1.55. The number of methoxy groups -OCH3 is 1. The molecular weight excluding hydrogens is 208 g/mol. The van der Waals surface area contributed by atoms with Crippen LogP contribution in [0.15, 0.2) is 24.3 Å². The summed E-state index contributed by atoms with van der Waals surface area (Å²) in [5.41, 5.74) is 0.130. The average Bonchev–Trinajstić information content (AvgIpc) is 3.09. The van der Waals surface area contributed by atoms with E-state index in [1.54, 1.807) is 13.2 Å². The fourth-order valence-electron chi connectivity index (χ4n) is 2.12. The lowest BCUT2D eigenvalue weighted by Crippen LogP contribution is -2.34. The molecule has 2 rings (SSSR count). The number of carboxylic acid groups (broad SMARTS) is 1. The van der Waals surface area contributed by atoms with Crippen molar-refractivity contribution in [2.75, 3.05) is 7.11 Å². The van der Waals surface area contributed by atoms with Gasteiger partial charge in [-0.05, 0) is 18.9 Å². The Labute approximate surface area is 93.5 Å². The van der Waals surface area contributed by atoms with E-state index in [0.29, 0.717) is 18.6 Å². The van der Waals surface area contributed by atoms with Gasteiger partial charge in [0.2, 0.25) is 0 Å². The molecule has 0 radical (unpaired) electrons. The second kappa shape index (κ2) is 3.79. The van der Waals surface area contributed by atoms with Crippen molar-refractivity contribution in [1.29, 1.82) is 0 Å². The molecule has 1 aromatic carbocycles. The Balaban J connectivity index is 2.40. The van der Waals surface area contributed by atoms with Crippen LogP contribution in [0.4, 0.5) is 0 Å². The van der Waals surface area contributed by atoms with E-state index in [2.05, 4.69) is 0 Å². The van der Waals surface area contributed by atoms with Gasteiger partial charge in [-0.25, -0.2) is 4.79 Å². The van der Waals surface area contributed by atoms with Gasteiger partial charge in [-0.1, -0.05) is 18.2 Å². The molecule has 86 valence electrons. The molecule has 0 bridgehead atoms. The summed E-state index contributed by atoms with van der Waals surface area (Å²) < 4.78 is 5.20. The summed E-state index contributed by atoms with van der Waals surface area (Å²) in [6, 6.07) is 7.25. The van der Waals surface area contributed by atoms with Crippen LogP contribution >= 0.6 is 0 Å². The van der Waals surface area contributed by atoms with Crippen LogP contribution in [0.5, 0.6) is 5.75 Å². The van der Waals surface area contributed by atoms with Crippen molar-refractivity contribution in [2.24, 2.45) is 0 Å². The van der Waals surface area contributed by atoms with Crippen LogP contribution in [0.3, 0.4) is 0 Å². The molecule has 0 amide bonds. The molecule has 0 aromatic heterocycles. The van der Waals surface area contributed by atoms with E-state index in [-0.39, 0.29) is 0 Å². The van der Waals surface area contributed by atoms with Crippen LogP contribution in [-0.4, -0.2) is 29.4 Å². The molecule has 0 saturated heterocycles. The first-order chi connectivity index (χ1) is 7.62. The molecule has 4 heteroatoms. The van der Waals surface area contributed by atoms with Crippen molar-refractivity contribution in [2.45, 2.75) is 24.4 Å². The molecule has 4 nitrogen and oxygen atoms in total. The van der Waals surface area contributed by atoms with Crippen LogP contribution < -0.4 is 4.74 Å². The van der Waals surface area contributed by atoms with Gasteiger partial charge in [-0.3, -0.25) is 0 Å². The number of aliphatic hydroxyl groups excluding tert-OH is 1. The van der Waals surface area contributed by atoms with Crippen molar-refractivity contribution in [3.8, 4) is 5.75 Å². The highest BCUT2D eigenvalue weighted by molar-refractivity contribution is 5.76. The predicted molar refractivity (Wildman–Crippen MR) is 57.5 cm³/mol. The van der Waals surface area contributed by atoms with Gasteiger partial charge in [0.25, 0.3) is 0 Å². The molecule has 0 spiro atoms. The number of benzene rings is 1. The highest BCUT2D eigenvalue weighted by Gasteiger charge is 2.54. The zero-order valence-corrected chi connectivity index (χ0v) is 9.01. The van der Waals surface area contributed by atoms with Gasteiger partial charge in [0.1, 0.15) is 5.75 Å². The normalized spacial score (nSPS) is 18.9. The first-order valence-corrected chi connectivity index (χ1v) is 5.16. The lowest BCUT2D eigenvalue weighted by molar-refractivity contribution is -0.148. The molecule has 2 N–H and O–H groups in total. The zero-order valence-electron chi connectivity index (χ0n) is 9.01. The van der Waals surface area contributed by atoms with E-state index in [0.717, 1.165) is 5.56 Å². The minimum absolute atomic E-state index is 0.639. The Morgan fingerprint density at radius 3 is 2.56 bits per heavy atom. The van der Waals surface area contributed by atoms with Crippen molar-refractivity contribution in [1.82, 2.24) is 0 Å². The molecule has 1 aliphatic carbocycles. The third-order valence-electron chi connectivity index (χ3n) is 3.19. The largest absolute Gasteiger partial charge is 0.496 e. The van der Waals surface area contributed by atoms with Gasteiger partial charge in [0, 0.05) is 11.0 Å². The molecular formula is C12H14O4. The zero-order chi connectivity index (χ0) is 11.8. The Kier molecular flexibility index (Phi) is 2.59. The quantitative estimate of drug-likeness (QED) is 0.802. The number of ether oxygens (including phenoxy) is 1. The van der Waals surface area contributed by atoms with Crippen LogP contribution in [0, 0.1) is 0 Å². The lowest BCUT2D eigenvalue weighted by Gasteiger charge is -2.21. The van der Waals surface area contributed by atoms with E-state index in [1.165, 1.54) is 0 Å². The van der Waals surface area contributed by atoms with Crippen LogP contribution in [0.25, 0.3) is 0 Å². The summed E-state index contributed by atoms with van der Waals surface area (Å²) >= 11 is 0. The Morgan fingerprint density at radius 1 is 1.44 bits per heavy atom. The minimum atomic E-state index is -1.36. The Bertz CT molecular complexity index is 409. The van der Waals surface area contributed by atoms with E-state index in [4.69, 9.17) is 9.84 Å². The first-order valence-electron chi connectivity index (χ1n) is 5.16. The molecule has 1 aromatic rings. The van der Waals surface area contributed by atoms with Gasteiger partial charge >= 0.3 is 5.97 Å². The summed E-state index contributed by atoms with van der Waals surface area (Å²) in [4.78, 5) is 10.9. The molecule has 16 heavy (non-hydrogen) atoms. The van der Waals surface area contributed by atoms with Crippen LogP contribution in [-0.2, 0) is 10.2 Å². The third-order valence-corrected chi connectivity index (χ3v) is 3.19. The van der Waals surface area contributed by atoms with Gasteiger partial charge in [-0.2, -0.15) is 0 Å². The number of hydrogen-bond acceptors (Lipinski definition) is 3. The number of hydrogen-bond donors (Lipinski definition) is 2. The molecule has 1 saturated carbocycles. The fourth-order valence-corrected chi connectivity index (χ4v) is 2.12. The number of para-hydroxylation sites is 1. The van der Waals surface area contributed by atoms with E-state index >= 15 is 0 Å². The molecule has 0 aliphatic heterocycles. The smallest absolute Gasteiger partial charge is 0.333 e. The molecule has 1 unspecified atom stereocenters. The standard InChI is InChI=1S/C12H14O4/c1-16-9-5-3-2-4-8(9)12(6-7-12)10(13)11(14)15/h2-5,10,13H,6-7H2,1H3,(H,14,15). The summed E-state index contributed by atoms with van der Waals surface area (Å²) in [6.07, 6.45) is 0.00519. The van der Waals surface area contributed by atoms with Crippen molar-refractivity contribution in [3.05, 3.63) is 29.8 Å². The maximum absolute atomic E-state index is 10.9. The number of aliphatic hydroxyl groups is 1. The van der Waals surface area contributed by atoms with Gasteiger partial charge in [0.05, 0.1) is 7.11 Å². The summed E-state index contributed by atoms with van der Waals surface area (Å²) in [5.74, 6) is -0.538. The lowest BCUT2D eigenvalue weighted by atomic mass is 9.89. The Hall–Kier alpha value is -1.55. The average molecular weight is 222 g/mol. The number of rotatable bonds is 4. The maximum atomic E-state index is 10.9. The number of carbonyl (C=O) groups is 1. The molecule has 1 atom stereocenters. The highest BCUT2D eigenvalue weighted by atomic mass is 16.5. The SMILES string of the molecule is COc1ccccc1C1(C(O)C(=O)O)CC1. The molecule has 1 aliphatic rings. The summed E-state index contributed by atoms with van der Waals surface area (Å²) in [5, 5.41) is 18.6. The Morgan fingerprint density at radius 2 is 2.06 bits per heavy atom. The van der Waals surface area contributed by atoms with Crippen LogP contribution in [0.1, 0.15) is 18.4 Å². The van der Waals surface area contributed by atoms with Gasteiger partial charge < -0.3 is 14.9 Å². The minimum Gasteiger partial charge on any atom is -0.496 e. The van der Waals surface area contributed by atoms with Crippen LogP contribution in [0.2, 0.25) is 0 Å². The second-order valence-electron chi connectivity index (χ2n) is 4.10. The van der Waals surface area contributed by atoms with Crippen molar-refractivity contribution >= 4 is 5.97 Å². The first kappa shape index (κ1) is 11.0. The number of aliphatic carboxylic acids is 1. The van der Waals surface area contributed by atoms with E-state index in [9.17, 15) is 9.90 Å². The highest BCUT2D eigenvalue weighted by Crippen LogP contribution is 2.53. The predicted octanol–water partition coefficient (Wildman–Crippen LogP) is 1.17. The van der Waals surface area contributed by atoms with Crippen molar-refractivity contribution < 1.29 is 19.7 Å². The van der Waals surface area contributed by atoms with Gasteiger partial charge in [0.15, 0.2) is 6.10 Å². The number of carboxylic acids is 1. The second-order valence-corrected chi connectivity index (χ2v) is 4.10. The summed E-state index contributed by atoms with van der Waals surface area (Å²) in [7, 11) is 1.54. The monoisotopic (exact) mass is 222 g/mol. The van der Waals surface area contributed by atoms with E-state index < -0.39 is 17.5 Å². The van der Waals surface area contributed by atoms with Gasteiger partial charge in [-0.15, -0.1) is 0 Å². The maximum Gasteiger partial charge on any atom is 0.333 e. The van der Waals surface area contributed by atoms with Crippen molar-refractivity contribution in [3.63, 3.8) is 0 Å².